The molecule has 94 valence electrons. The summed E-state index contributed by atoms with van der Waals surface area (Å²) in [7, 11) is 0. The van der Waals surface area contributed by atoms with Gasteiger partial charge in [-0.1, -0.05) is 18.2 Å². The van der Waals surface area contributed by atoms with E-state index in [4.69, 9.17) is 5.11 Å². The van der Waals surface area contributed by atoms with E-state index in [-0.39, 0.29) is 11.1 Å². The highest BCUT2D eigenvalue weighted by atomic mass is 19.4. The second-order valence-corrected chi connectivity index (χ2v) is 3.74. The van der Waals surface area contributed by atoms with E-state index in [0.29, 0.717) is 0 Å². The molecule has 2 aromatic carbocycles. The van der Waals surface area contributed by atoms with Gasteiger partial charge < -0.3 is 5.11 Å². The first kappa shape index (κ1) is 12.4. The Kier molecular flexibility index (Phi) is 2.98. The maximum Gasteiger partial charge on any atom is 0.416 e. The molecule has 0 atom stereocenters. The fourth-order valence-electron chi connectivity index (χ4n) is 1.56. The summed E-state index contributed by atoms with van der Waals surface area (Å²) in [5.41, 5.74) is -0.284. The van der Waals surface area contributed by atoms with E-state index in [9.17, 15) is 17.6 Å². The van der Waals surface area contributed by atoms with Gasteiger partial charge in [0.25, 0.3) is 0 Å². The molecule has 18 heavy (non-hydrogen) atoms. The van der Waals surface area contributed by atoms with E-state index in [0.717, 1.165) is 24.3 Å². The molecular formula is C13H8F4O. The van der Waals surface area contributed by atoms with Crippen molar-refractivity contribution >= 4 is 0 Å². The number of phenolic OH excluding ortho intramolecular Hbond substituents is 1. The zero-order valence-electron chi connectivity index (χ0n) is 9.00. The molecular weight excluding hydrogens is 248 g/mol. The number of rotatable bonds is 1. The lowest BCUT2D eigenvalue weighted by atomic mass is 10.0. The number of hydrogen-bond donors (Lipinski definition) is 1. The normalized spacial score (nSPS) is 11.6. The van der Waals surface area contributed by atoms with Gasteiger partial charge in [-0.25, -0.2) is 4.39 Å². The molecule has 0 aliphatic carbocycles. The van der Waals surface area contributed by atoms with Gasteiger partial charge in [0.1, 0.15) is 0 Å². The highest BCUT2D eigenvalue weighted by Crippen LogP contribution is 2.32. The van der Waals surface area contributed by atoms with Crippen LogP contribution in [-0.4, -0.2) is 5.11 Å². The van der Waals surface area contributed by atoms with E-state index in [2.05, 4.69) is 0 Å². The van der Waals surface area contributed by atoms with Crippen molar-refractivity contribution in [3.63, 3.8) is 0 Å². The third-order valence-corrected chi connectivity index (χ3v) is 2.47. The molecule has 0 aliphatic rings. The SMILES string of the molecule is Oc1ccc(-c2cccc(C(F)(F)F)c2)cc1F. The van der Waals surface area contributed by atoms with Crippen molar-refractivity contribution in [1.29, 1.82) is 0 Å². The third-order valence-electron chi connectivity index (χ3n) is 2.47. The Morgan fingerprint density at radius 1 is 0.889 bits per heavy atom. The Morgan fingerprint density at radius 2 is 1.56 bits per heavy atom. The topological polar surface area (TPSA) is 20.2 Å². The number of phenols is 1. The lowest BCUT2D eigenvalue weighted by molar-refractivity contribution is -0.137. The summed E-state index contributed by atoms with van der Waals surface area (Å²) in [6.45, 7) is 0. The Hall–Kier alpha value is -2.04. The molecule has 0 aromatic heterocycles. The van der Waals surface area contributed by atoms with Crippen molar-refractivity contribution in [2.45, 2.75) is 6.18 Å². The van der Waals surface area contributed by atoms with Crippen molar-refractivity contribution in [3.8, 4) is 16.9 Å². The lowest BCUT2D eigenvalue weighted by Crippen LogP contribution is -2.04. The van der Waals surface area contributed by atoms with Gasteiger partial charge in [-0.2, -0.15) is 13.2 Å². The van der Waals surface area contributed by atoms with Crippen LogP contribution in [0, 0.1) is 5.82 Å². The summed E-state index contributed by atoms with van der Waals surface area (Å²) >= 11 is 0. The van der Waals surface area contributed by atoms with Gasteiger partial charge >= 0.3 is 6.18 Å². The Labute approximate surface area is 100 Å². The van der Waals surface area contributed by atoms with Crippen LogP contribution in [0.5, 0.6) is 5.75 Å². The van der Waals surface area contributed by atoms with Crippen LogP contribution >= 0.6 is 0 Å². The lowest BCUT2D eigenvalue weighted by Gasteiger charge is -2.09. The molecule has 0 saturated carbocycles. The zero-order chi connectivity index (χ0) is 13.3. The molecule has 1 nitrogen and oxygen atoms in total. The number of alkyl halides is 3. The summed E-state index contributed by atoms with van der Waals surface area (Å²) in [5.74, 6) is -1.41. The molecule has 0 unspecified atom stereocenters. The van der Waals surface area contributed by atoms with Crippen LogP contribution in [0.3, 0.4) is 0 Å². The summed E-state index contributed by atoms with van der Waals surface area (Å²) in [6, 6.07) is 8.03. The summed E-state index contributed by atoms with van der Waals surface area (Å²) in [6.07, 6.45) is -4.44. The van der Waals surface area contributed by atoms with Crippen molar-refractivity contribution in [1.82, 2.24) is 0 Å². The third kappa shape index (κ3) is 2.45. The molecule has 2 aromatic rings. The van der Waals surface area contributed by atoms with Crippen LogP contribution in [0.1, 0.15) is 5.56 Å². The van der Waals surface area contributed by atoms with Crippen LogP contribution in [-0.2, 0) is 6.18 Å². The standard InChI is InChI=1S/C13H8F4O/c14-11-7-9(4-5-12(11)18)8-2-1-3-10(6-8)13(15,16)17/h1-7,18H. The van der Waals surface area contributed by atoms with Crippen molar-refractivity contribution in [2.75, 3.05) is 0 Å². The summed E-state index contributed by atoms with van der Waals surface area (Å²) in [5, 5.41) is 9.02. The number of aromatic hydroxyl groups is 1. The largest absolute Gasteiger partial charge is 0.505 e. The molecule has 0 heterocycles. The Bertz CT molecular complexity index is 575. The Balaban J connectivity index is 2.48. The van der Waals surface area contributed by atoms with Crippen molar-refractivity contribution < 1.29 is 22.7 Å². The number of benzene rings is 2. The first-order valence-electron chi connectivity index (χ1n) is 5.04. The summed E-state index contributed by atoms with van der Waals surface area (Å²) < 4.78 is 50.7. The fourth-order valence-corrected chi connectivity index (χ4v) is 1.56. The first-order valence-corrected chi connectivity index (χ1v) is 5.04. The molecule has 2 rings (SSSR count). The van der Waals surface area contributed by atoms with E-state index >= 15 is 0 Å². The highest BCUT2D eigenvalue weighted by molar-refractivity contribution is 5.65. The fraction of sp³-hybridized carbons (Fsp3) is 0.0769. The minimum absolute atomic E-state index is 0.240. The van der Waals surface area contributed by atoms with Crippen LogP contribution < -0.4 is 0 Å². The van der Waals surface area contributed by atoms with Crippen LogP contribution in [0.4, 0.5) is 17.6 Å². The van der Waals surface area contributed by atoms with Gasteiger partial charge in [-0.15, -0.1) is 0 Å². The zero-order valence-corrected chi connectivity index (χ0v) is 9.00. The molecule has 0 bridgehead atoms. The molecule has 0 amide bonds. The average Bonchev–Trinajstić information content (AvgIpc) is 2.32. The first-order chi connectivity index (χ1) is 8.38. The smallest absolute Gasteiger partial charge is 0.416 e. The monoisotopic (exact) mass is 256 g/mol. The molecule has 0 radical (unpaired) electrons. The highest BCUT2D eigenvalue weighted by Gasteiger charge is 2.30. The Morgan fingerprint density at radius 3 is 2.17 bits per heavy atom. The molecule has 1 N–H and O–H groups in total. The maximum atomic E-state index is 13.1. The number of halogens is 4. The molecule has 5 heteroatoms. The number of hydrogen-bond acceptors (Lipinski definition) is 1. The van der Waals surface area contributed by atoms with E-state index in [1.807, 2.05) is 0 Å². The summed E-state index contributed by atoms with van der Waals surface area (Å²) in [4.78, 5) is 0. The van der Waals surface area contributed by atoms with Crippen LogP contribution in [0.15, 0.2) is 42.5 Å². The molecule has 0 spiro atoms. The van der Waals surface area contributed by atoms with E-state index in [1.165, 1.54) is 18.2 Å². The van der Waals surface area contributed by atoms with Crippen LogP contribution in [0.25, 0.3) is 11.1 Å². The van der Waals surface area contributed by atoms with Crippen molar-refractivity contribution in [3.05, 3.63) is 53.8 Å². The van der Waals surface area contributed by atoms with Gasteiger partial charge in [0.2, 0.25) is 0 Å². The van der Waals surface area contributed by atoms with Gasteiger partial charge in [-0.3, -0.25) is 0 Å². The van der Waals surface area contributed by atoms with E-state index < -0.39 is 23.3 Å². The molecule has 0 aliphatic heterocycles. The predicted octanol–water partition coefficient (Wildman–Crippen LogP) is 4.22. The maximum absolute atomic E-state index is 13.1. The van der Waals surface area contributed by atoms with Crippen molar-refractivity contribution in [2.24, 2.45) is 0 Å². The van der Waals surface area contributed by atoms with Gasteiger partial charge in [0, 0.05) is 0 Å². The van der Waals surface area contributed by atoms with Gasteiger partial charge in [0.05, 0.1) is 5.56 Å². The second kappa shape index (κ2) is 4.33. The second-order valence-electron chi connectivity index (χ2n) is 3.74. The predicted molar refractivity (Wildman–Crippen MR) is 58.5 cm³/mol. The minimum atomic E-state index is -4.44. The quantitative estimate of drug-likeness (QED) is 0.757. The van der Waals surface area contributed by atoms with E-state index in [1.54, 1.807) is 0 Å². The average molecular weight is 256 g/mol. The van der Waals surface area contributed by atoms with Gasteiger partial charge in [-0.05, 0) is 35.4 Å². The molecule has 0 saturated heterocycles. The minimum Gasteiger partial charge on any atom is -0.505 e. The molecule has 0 fully saturated rings. The van der Waals surface area contributed by atoms with Crippen LogP contribution in [0.2, 0.25) is 0 Å². The van der Waals surface area contributed by atoms with Gasteiger partial charge in [0.15, 0.2) is 11.6 Å².